The summed E-state index contributed by atoms with van der Waals surface area (Å²) >= 11 is 0. The predicted octanol–water partition coefficient (Wildman–Crippen LogP) is 2.39. The molecule has 0 radical (unpaired) electrons. The van der Waals surface area contributed by atoms with Gasteiger partial charge in [0.15, 0.2) is 0 Å². The van der Waals surface area contributed by atoms with Crippen LogP contribution in [0.5, 0.6) is 0 Å². The predicted molar refractivity (Wildman–Crippen MR) is 107 cm³/mol. The molecule has 0 aliphatic heterocycles. The number of benzene rings is 1. The van der Waals surface area contributed by atoms with Crippen molar-refractivity contribution in [1.82, 2.24) is 9.88 Å². The van der Waals surface area contributed by atoms with Crippen molar-refractivity contribution in [3.05, 3.63) is 58.4 Å². The normalized spacial score (nSPS) is 11.9. The SMILES string of the molecule is CCCn1c(C)cc(/C=C(\C#N)C(=O)NCc2ccc(S(N)(=O)=O)cc2)c1C. The summed E-state index contributed by atoms with van der Waals surface area (Å²) in [5.74, 6) is -0.488. The van der Waals surface area contributed by atoms with E-state index in [1.165, 1.54) is 12.1 Å². The summed E-state index contributed by atoms with van der Waals surface area (Å²) in [4.78, 5) is 12.4. The van der Waals surface area contributed by atoms with Crippen molar-refractivity contribution in [3.8, 4) is 6.07 Å². The molecular formula is C20H24N4O3S. The van der Waals surface area contributed by atoms with E-state index in [4.69, 9.17) is 5.14 Å². The van der Waals surface area contributed by atoms with Gasteiger partial charge >= 0.3 is 0 Å². The average Bonchev–Trinajstić information content (AvgIpc) is 2.91. The molecule has 1 aromatic heterocycles. The van der Waals surface area contributed by atoms with Gasteiger partial charge in [-0.2, -0.15) is 5.26 Å². The Morgan fingerprint density at radius 2 is 1.93 bits per heavy atom. The topological polar surface area (TPSA) is 118 Å². The first kappa shape index (κ1) is 21.4. The Morgan fingerprint density at radius 1 is 1.29 bits per heavy atom. The van der Waals surface area contributed by atoms with Crippen LogP contribution in [0.15, 0.2) is 40.8 Å². The number of carbonyl (C=O) groups is 1. The Kier molecular flexibility index (Phi) is 6.78. The van der Waals surface area contributed by atoms with Crippen molar-refractivity contribution in [2.24, 2.45) is 5.14 Å². The molecule has 1 heterocycles. The van der Waals surface area contributed by atoms with Gasteiger partial charge in [-0.15, -0.1) is 0 Å². The van der Waals surface area contributed by atoms with Gasteiger partial charge < -0.3 is 9.88 Å². The third-order valence-corrected chi connectivity index (χ3v) is 5.36. The third-order valence-electron chi connectivity index (χ3n) is 4.43. The van der Waals surface area contributed by atoms with E-state index in [-0.39, 0.29) is 17.0 Å². The molecule has 0 aliphatic carbocycles. The fourth-order valence-corrected chi connectivity index (χ4v) is 3.44. The number of aromatic nitrogens is 1. The molecule has 0 saturated carbocycles. The minimum Gasteiger partial charge on any atom is -0.349 e. The zero-order valence-corrected chi connectivity index (χ0v) is 17.0. The van der Waals surface area contributed by atoms with E-state index in [1.54, 1.807) is 18.2 Å². The largest absolute Gasteiger partial charge is 0.349 e. The van der Waals surface area contributed by atoms with Crippen molar-refractivity contribution in [3.63, 3.8) is 0 Å². The minimum atomic E-state index is -3.75. The molecule has 0 unspecified atom stereocenters. The van der Waals surface area contributed by atoms with E-state index in [0.717, 1.165) is 29.9 Å². The van der Waals surface area contributed by atoms with Crippen molar-refractivity contribution in [2.45, 2.75) is 45.2 Å². The van der Waals surface area contributed by atoms with E-state index in [0.29, 0.717) is 5.56 Å². The number of nitrogens with one attached hydrogen (secondary N) is 1. The molecule has 0 saturated heterocycles. The second kappa shape index (κ2) is 8.87. The molecular weight excluding hydrogens is 376 g/mol. The second-order valence-corrected chi connectivity index (χ2v) is 8.08. The van der Waals surface area contributed by atoms with Gasteiger partial charge in [0.2, 0.25) is 10.0 Å². The zero-order chi connectivity index (χ0) is 20.9. The molecule has 8 heteroatoms. The first-order chi connectivity index (χ1) is 13.2. The molecule has 1 amide bonds. The fraction of sp³-hybridized carbons (Fsp3) is 0.300. The van der Waals surface area contributed by atoms with E-state index >= 15 is 0 Å². The molecule has 148 valence electrons. The maximum atomic E-state index is 12.4. The number of aryl methyl sites for hydroxylation is 1. The number of rotatable bonds is 7. The van der Waals surface area contributed by atoms with Gasteiger partial charge in [0.25, 0.3) is 5.91 Å². The highest BCUT2D eigenvalue weighted by molar-refractivity contribution is 7.89. The molecule has 2 aromatic rings. The average molecular weight is 401 g/mol. The van der Waals surface area contributed by atoms with Gasteiger partial charge in [0, 0.05) is 24.5 Å². The van der Waals surface area contributed by atoms with E-state index in [2.05, 4.69) is 16.8 Å². The zero-order valence-electron chi connectivity index (χ0n) is 16.2. The molecule has 0 fully saturated rings. The summed E-state index contributed by atoms with van der Waals surface area (Å²) in [5, 5.41) is 17.1. The molecule has 7 nitrogen and oxygen atoms in total. The first-order valence-electron chi connectivity index (χ1n) is 8.85. The van der Waals surface area contributed by atoms with Gasteiger partial charge in [0.1, 0.15) is 11.6 Å². The van der Waals surface area contributed by atoms with Crippen molar-refractivity contribution in [1.29, 1.82) is 5.26 Å². The van der Waals surface area contributed by atoms with Crippen LogP contribution in [0.25, 0.3) is 6.08 Å². The van der Waals surface area contributed by atoms with Gasteiger partial charge in [-0.25, -0.2) is 13.6 Å². The fourth-order valence-electron chi connectivity index (χ4n) is 2.92. The highest BCUT2D eigenvalue weighted by Crippen LogP contribution is 2.19. The molecule has 0 bridgehead atoms. The van der Waals surface area contributed by atoms with Crippen LogP contribution in [0.4, 0.5) is 0 Å². The Hall–Kier alpha value is -2.89. The standard InChI is InChI=1S/C20H24N4O3S/c1-4-9-24-14(2)10-17(15(24)3)11-18(12-21)20(25)23-13-16-5-7-19(8-6-16)28(22,26)27/h5-8,10-11H,4,9,13H2,1-3H3,(H,23,25)(H2,22,26,27)/b18-11+. The van der Waals surface area contributed by atoms with Crippen LogP contribution in [0.1, 0.15) is 35.9 Å². The monoisotopic (exact) mass is 400 g/mol. The van der Waals surface area contributed by atoms with Gasteiger partial charge in [-0.3, -0.25) is 4.79 Å². The molecule has 3 N–H and O–H groups in total. The molecule has 0 aliphatic rings. The maximum Gasteiger partial charge on any atom is 0.262 e. The summed E-state index contributed by atoms with van der Waals surface area (Å²) in [6, 6.07) is 9.79. The summed E-state index contributed by atoms with van der Waals surface area (Å²) in [5.41, 5.74) is 3.64. The van der Waals surface area contributed by atoms with Crippen molar-refractivity contribution >= 4 is 22.0 Å². The number of nitrogens with zero attached hydrogens (tertiary/aromatic N) is 2. The number of sulfonamides is 1. The van der Waals surface area contributed by atoms with Crippen LogP contribution in [0.2, 0.25) is 0 Å². The van der Waals surface area contributed by atoms with Crippen LogP contribution in [-0.2, 0) is 27.9 Å². The Bertz CT molecular complexity index is 1040. The van der Waals surface area contributed by atoms with Crippen molar-refractivity contribution in [2.75, 3.05) is 0 Å². The lowest BCUT2D eigenvalue weighted by molar-refractivity contribution is -0.117. The summed E-state index contributed by atoms with van der Waals surface area (Å²) in [6.45, 7) is 7.11. The van der Waals surface area contributed by atoms with Crippen molar-refractivity contribution < 1.29 is 13.2 Å². The Labute approximate surface area is 165 Å². The molecule has 28 heavy (non-hydrogen) atoms. The number of nitriles is 1. The number of hydrogen-bond donors (Lipinski definition) is 2. The second-order valence-electron chi connectivity index (χ2n) is 6.52. The quantitative estimate of drug-likeness (QED) is 0.548. The molecule has 1 aromatic carbocycles. The number of hydrogen-bond acceptors (Lipinski definition) is 4. The van der Waals surface area contributed by atoms with Crippen LogP contribution in [0.3, 0.4) is 0 Å². The molecule has 0 spiro atoms. The van der Waals surface area contributed by atoms with Gasteiger partial charge in [-0.1, -0.05) is 19.1 Å². The highest BCUT2D eigenvalue weighted by Gasteiger charge is 2.13. The van der Waals surface area contributed by atoms with Gasteiger partial charge in [0.05, 0.1) is 4.90 Å². The molecule has 0 atom stereocenters. The summed E-state index contributed by atoms with van der Waals surface area (Å²) in [7, 11) is -3.75. The third kappa shape index (κ3) is 5.09. The van der Waals surface area contributed by atoms with Crippen LogP contribution in [0, 0.1) is 25.2 Å². The van der Waals surface area contributed by atoms with Gasteiger partial charge in [-0.05, 0) is 55.7 Å². The molecule has 2 rings (SSSR count). The summed E-state index contributed by atoms with van der Waals surface area (Å²) in [6.07, 6.45) is 2.59. The van der Waals surface area contributed by atoms with E-state index < -0.39 is 15.9 Å². The highest BCUT2D eigenvalue weighted by atomic mass is 32.2. The van der Waals surface area contributed by atoms with Crippen LogP contribution in [-0.4, -0.2) is 18.9 Å². The van der Waals surface area contributed by atoms with E-state index in [9.17, 15) is 18.5 Å². The van der Waals surface area contributed by atoms with Crippen LogP contribution < -0.4 is 10.5 Å². The first-order valence-corrected chi connectivity index (χ1v) is 10.4. The lowest BCUT2D eigenvalue weighted by atomic mass is 10.1. The minimum absolute atomic E-state index is 0.00243. The summed E-state index contributed by atoms with van der Waals surface area (Å²) < 4.78 is 24.7. The lowest BCUT2D eigenvalue weighted by Gasteiger charge is -2.07. The smallest absolute Gasteiger partial charge is 0.262 e. The maximum absolute atomic E-state index is 12.4. The van der Waals surface area contributed by atoms with Crippen LogP contribution >= 0.6 is 0 Å². The number of amides is 1. The number of primary sulfonamides is 1. The van der Waals surface area contributed by atoms with E-state index in [1.807, 2.05) is 26.0 Å². The number of carbonyl (C=O) groups excluding carboxylic acids is 1. The Balaban J connectivity index is 2.13. The lowest BCUT2D eigenvalue weighted by Crippen LogP contribution is -2.24. The number of nitrogens with two attached hydrogens (primary N) is 1. The Morgan fingerprint density at radius 3 is 2.46 bits per heavy atom.